The van der Waals surface area contributed by atoms with Crippen molar-refractivity contribution in [1.29, 1.82) is 0 Å². The Morgan fingerprint density at radius 2 is 2.17 bits per heavy atom. The van der Waals surface area contributed by atoms with Gasteiger partial charge in [-0.1, -0.05) is 17.3 Å². The summed E-state index contributed by atoms with van der Waals surface area (Å²) in [7, 11) is 1.46. The molecule has 24 heavy (non-hydrogen) atoms. The normalized spacial score (nSPS) is 10.8. The van der Waals surface area contributed by atoms with Crippen LogP contribution in [0, 0.1) is 0 Å². The standard InChI is InChI=1S/C15H13F2N5O2/c1-23-14-13(10-3-2-4-12(7-10)24-15(16)17)20-11(8-18-14)9-22-6-5-19-21-22/h2-8,15H,9H2,1H3. The van der Waals surface area contributed by atoms with E-state index in [1.807, 2.05) is 0 Å². The molecule has 0 aliphatic rings. The third-order valence-corrected chi connectivity index (χ3v) is 3.11. The van der Waals surface area contributed by atoms with Crippen LogP contribution >= 0.6 is 0 Å². The first kappa shape index (κ1) is 15.8. The number of aromatic nitrogens is 5. The van der Waals surface area contributed by atoms with E-state index in [9.17, 15) is 8.78 Å². The van der Waals surface area contributed by atoms with Crippen molar-refractivity contribution in [3.63, 3.8) is 0 Å². The molecule has 0 saturated heterocycles. The number of hydrogen-bond acceptors (Lipinski definition) is 6. The van der Waals surface area contributed by atoms with Gasteiger partial charge in [0.05, 0.1) is 31.7 Å². The maximum Gasteiger partial charge on any atom is 0.387 e. The number of benzene rings is 1. The van der Waals surface area contributed by atoms with Crippen LogP contribution in [0.1, 0.15) is 5.69 Å². The molecule has 2 aromatic heterocycles. The van der Waals surface area contributed by atoms with Gasteiger partial charge in [0.1, 0.15) is 11.4 Å². The molecule has 0 aliphatic heterocycles. The third-order valence-electron chi connectivity index (χ3n) is 3.11. The van der Waals surface area contributed by atoms with Crippen molar-refractivity contribution in [2.75, 3.05) is 7.11 Å². The average molecular weight is 333 g/mol. The first-order chi connectivity index (χ1) is 11.7. The van der Waals surface area contributed by atoms with Gasteiger partial charge in [0.2, 0.25) is 5.88 Å². The second kappa shape index (κ2) is 6.99. The smallest absolute Gasteiger partial charge is 0.387 e. The Bertz CT molecular complexity index is 811. The van der Waals surface area contributed by atoms with Crippen LogP contribution in [0.3, 0.4) is 0 Å². The van der Waals surface area contributed by atoms with Crippen LogP contribution in [-0.4, -0.2) is 38.7 Å². The van der Waals surface area contributed by atoms with Crippen molar-refractivity contribution in [2.24, 2.45) is 0 Å². The van der Waals surface area contributed by atoms with E-state index in [1.165, 1.54) is 19.2 Å². The summed E-state index contributed by atoms with van der Waals surface area (Å²) in [4.78, 5) is 8.70. The average Bonchev–Trinajstić information content (AvgIpc) is 3.07. The van der Waals surface area contributed by atoms with Crippen LogP contribution < -0.4 is 9.47 Å². The van der Waals surface area contributed by atoms with E-state index >= 15 is 0 Å². The molecule has 124 valence electrons. The van der Waals surface area contributed by atoms with E-state index in [-0.39, 0.29) is 11.6 Å². The molecule has 2 heterocycles. The number of nitrogens with zero attached hydrogens (tertiary/aromatic N) is 5. The van der Waals surface area contributed by atoms with Crippen LogP contribution in [0.15, 0.2) is 42.9 Å². The lowest BCUT2D eigenvalue weighted by Gasteiger charge is -2.10. The van der Waals surface area contributed by atoms with Crippen LogP contribution in [0.25, 0.3) is 11.3 Å². The Morgan fingerprint density at radius 3 is 2.88 bits per heavy atom. The summed E-state index contributed by atoms with van der Waals surface area (Å²) >= 11 is 0. The molecular weight excluding hydrogens is 320 g/mol. The molecule has 1 aromatic carbocycles. The molecule has 0 fully saturated rings. The Labute approximate surface area is 135 Å². The quantitative estimate of drug-likeness (QED) is 0.689. The predicted octanol–water partition coefficient (Wildman–Crippen LogP) is 2.39. The highest BCUT2D eigenvalue weighted by molar-refractivity contribution is 5.66. The van der Waals surface area contributed by atoms with E-state index in [1.54, 1.807) is 35.4 Å². The van der Waals surface area contributed by atoms with Crippen LogP contribution in [0.5, 0.6) is 11.6 Å². The zero-order valence-corrected chi connectivity index (χ0v) is 12.6. The van der Waals surface area contributed by atoms with Gasteiger partial charge in [0.25, 0.3) is 0 Å². The van der Waals surface area contributed by atoms with Crippen LogP contribution in [0.4, 0.5) is 8.78 Å². The maximum atomic E-state index is 12.4. The molecule has 0 radical (unpaired) electrons. The fourth-order valence-corrected chi connectivity index (χ4v) is 2.13. The van der Waals surface area contributed by atoms with E-state index < -0.39 is 6.61 Å². The number of ether oxygens (including phenoxy) is 2. The molecule has 0 spiro atoms. The fourth-order valence-electron chi connectivity index (χ4n) is 2.13. The molecule has 0 bridgehead atoms. The first-order valence-electron chi connectivity index (χ1n) is 6.95. The molecule has 9 heteroatoms. The Hall–Kier alpha value is -3.10. The van der Waals surface area contributed by atoms with Gasteiger partial charge in [-0.05, 0) is 12.1 Å². The van der Waals surface area contributed by atoms with Crippen molar-refractivity contribution < 1.29 is 18.3 Å². The highest BCUT2D eigenvalue weighted by atomic mass is 19.3. The summed E-state index contributed by atoms with van der Waals surface area (Å²) in [5, 5.41) is 7.59. The number of alkyl halides is 2. The number of rotatable bonds is 6. The van der Waals surface area contributed by atoms with Gasteiger partial charge >= 0.3 is 6.61 Å². The monoisotopic (exact) mass is 333 g/mol. The van der Waals surface area contributed by atoms with Gasteiger partial charge in [-0.15, -0.1) is 5.10 Å². The highest BCUT2D eigenvalue weighted by Gasteiger charge is 2.13. The summed E-state index contributed by atoms with van der Waals surface area (Å²) < 4.78 is 36.0. The van der Waals surface area contributed by atoms with Crippen LogP contribution in [-0.2, 0) is 6.54 Å². The van der Waals surface area contributed by atoms with E-state index in [2.05, 4.69) is 25.0 Å². The van der Waals surface area contributed by atoms with Crippen molar-refractivity contribution >= 4 is 0 Å². The van der Waals surface area contributed by atoms with Gasteiger partial charge in [-0.25, -0.2) is 14.6 Å². The van der Waals surface area contributed by atoms with Crippen molar-refractivity contribution in [1.82, 2.24) is 25.0 Å². The highest BCUT2D eigenvalue weighted by Crippen LogP contribution is 2.29. The van der Waals surface area contributed by atoms with Crippen molar-refractivity contribution in [2.45, 2.75) is 13.2 Å². The molecule has 3 rings (SSSR count). The van der Waals surface area contributed by atoms with Crippen molar-refractivity contribution in [3.05, 3.63) is 48.5 Å². The minimum Gasteiger partial charge on any atom is -0.479 e. The fraction of sp³-hybridized carbons (Fsp3) is 0.200. The minimum absolute atomic E-state index is 0.0352. The summed E-state index contributed by atoms with van der Waals surface area (Å²) in [5.41, 5.74) is 1.60. The molecule has 0 unspecified atom stereocenters. The largest absolute Gasteiger partial charge is 0.479 e. The molecule has 0 amide bonds. The zero-order chi connectivity index (χ0) is 16.9. The lowest BCUT2D eigenvalue weighted by atomic mass is 10.1. The van der Waals surface area contributed by atoms with E-state index in [0.29, 0.717) is 23.5 Å². The molecule has 0 aliphatic carbocycles. The van der Waals surface area contributed by atoms with Crippen LogP contribution in [0.2, 0.25) is 0 Å². The number of methoxy groups -OCH3 is 1. The van der Waals surface area contributed by atoms with Gasteiger partial charge in [0, 0.05) is 11.8 Å². The SMILES string of the molecule is COc1ncc(Cn2ccnn2)nc1-c1cccc(OC(F)F)c1. The van der Waals surface area contributed by atoms with Gasteiger partial charge in [-0.2, -0.15) is 8.78 Å². The van der Waals surface area contributed by atoms with E-state index in [4.69, 9.17) is 4.74 Å². The van der Waals surface area contributed by atoms with Gasteiger partial charge in [0.15, 0.2) is 0 Å². The molecule has 0 atom stereocenters. The molecule has 3 aromatic rings. The second-order valence-corrected chi connectivity index (χ2v) is 4.73. The third kappa shape index (κ3) is 3.62. The summed E-state index contributed by atoms with van der Waals surface area (Å²) in [6.07, 6.45) is 4.81. The predicted molar refractivity (Wildman–Crippen MR) is 79.8 cm³/mol. The lowest BCUT2D eigenvalue weighted by molar-refractivity contribution is -0.0498. The topological polar surface area (TPSA) is 75.0 Å². The lowest BCUT2D eigenvalue weighted by Crippen LogP contribution is -2.06. The number of hydrogen-bond donors (Lipinski definition) is 0. The first-order valence-corrected chi connectivity index (χ1v) is 6.95. The van der Waals surface area contributed by atoms with E-state index in [0.717, 1.165) is 0 Å². The summed E-state index contributed by atoms with van der Waals surface area (Å²) in [6, 6.07) is 6.20. The minimum atomic E-state index is -2.90. The second-order valence-electron chi connectivity index (χ2n) is 4.73. The maximum absolute atomic E-state index is 12.4. The van der Waals surface area contributed by atoms with Gasteiger partial charge in [-0.3, -0.25) is 0 Å². The Kier molecular flexibility index (Phi) is 4.59. The van der Waals surface area contributed by atoms with Crippen molar-refractivity contribution in [3.8, 4) is 22.9 Å². The Balaban J connectivity index is 1.96. The van der Waals surface area contributed by atoms with Gasteiger partial charge < -0.3 is 9.47 Å². The Morgan fingerprint density at radius 1 is 1.29 bits per heavy atom. The summed E-state index contributed by atoms with van der Waals surface area (Å²) in [5.74, 6) is 0.319. The molecular formula is C15H13F2N5O2. The zero-order valence-electron chi connectivity index (χ0n) is 12.6. The molecule has 7 nitrogen and oxygen atoms in total. The molecule has 0 N–H and O–H groups in total. The number of halogens is 2. The molecule has 0 saturated carbocycles. The summed E-state index contributed by atoms with van der Waals surface area (Å²) in [6.45, 7) is -2.52.